The zero-order valence-corrected chi connectivity index (χ0v) is 15.7. The van der Waals surface area contributed by atoms with Gasteiger partial charge in [0.25, 0.3) is 0 Å². The van der Waals surface area contributed by atoms with Crippen LogP contribution in [0.15, 0.2) is 24.3 Å². The third kappa shape index (κ3) is 6.22. The Hall–Kier alpha value is -2.28. The van der Waals surface area contributed by atoms with Gasteiger partial charge < -0.3 is 20.5 Å². The summed E-state index contributed by atoms with van der Waals surface area (Å²) in [5.74, 6) is 0.00126. The predicted molar refractivity (Wildman–Crippen MR) is 99.3 cm³/mol. The summed E-state index contributed by atoms with van der Waals surface area (Å²) in [6, 6.07) is 7.79. The fourth-order valence-electron chi connectivity index (χ4n) is 3.05. The van der Waals surface area contributed by atoms with Crippen molar-refractivity contribution >= 4 is 12.0 Å². The highest BCUT2D eigenvalue weighted by atomic mass is 16.5. The van der Waals surface area contributed by atoms with E-state index in [1.54, 1.807) is 0 Å². The molecule has 1 aliphatic carbocycles. The number of hydrogen-bond donors (Lipinski definition) is 3. The third-order valence-corrected chi connectivity index (χ3v) is 4.46. The van der Waals surface area contributed by atoms with E-state index >= 15 is 0 Å². The van der Waals surface area contributed by atoms with Crippen LogP contribution in [0.25, 0.3) is 0 Å². The quantitative estimate of drug-likeness (QED) is 0.626. The minimum Gasteiger partial charge on any atom is -0.491 e. The molecule has 0 aromatic heterocycles. The fourth-order valence-corrected chi connectivity index (χ4v) is 3.05. The van der Waals surface area contributed by atoms with Gasteiger partial charge in [-0.3, -0.25) is 9.69 Å². The molecule has 2 rings (SSSR count). The number of hydrogen-bond acceptors (Lipinski definition) is 4. The molecule has 0 heterocycles. The van der Waals surface area contributed by atoms with E-state index in [1.165, 1.54) is 0 Å². The lowest BCUT2D eigenvalue weighted by molar-refractivity contribution is -0.139. The maximum Gasteiger partial charge on any atom is 0.317 e. The third-order valence-electron chi connectivity index (χ3n) is 4.46. The molecule has 1 aliphatic rings. The van der Waals surface area contributed by atoms with Crippen LogP contribution in [-0.2, 0) is 11.3 Å². The molecular formula is C19H29N3O4. The number of carboxylic acid groups (broad SMARTS) is 1. The van der Waals surface area contributed by atoms with Crippen molar-refractivity contribution < 1.29 is 19.4 Å². The van der Waals surface area contributed by atoms with E-state index in [4.69, 9.17) is 9.84 Å². The van der Waals surface area contributed by atoms with E-state index in [9.17, 15) is 9.59 Å². The van der Waals surface area contributed by atoms with Crippen molar-refractivity contribution in [2.75, 3.05) is 13.1 Å². The normalized spacial score (nSPS) is 19.1. The van der Waals surface area contributed by atoms with E-state index in [0.717, 1.165) is 24.2 Å². The zero-order valence-electron chi connectivity index (χ0n) is 15.7. The summed E-state index contributed by atoms with van der Waals surface area (Å²) in [6.07, 6.45) is 1.71. The molecule has 0 bridgehead atoms. The van der Waals surface area contributed by atoms with Crippen LogP contribution < -0.4 is 15.4 Å². The smallest absolute Gasteiger partial charge is 0.317 e. The molecule has 3 N–H and O–H groups in total. The van der Waals surface area contributed by atoms with Crippen LogP contribution >= 0.6 is 0 Å². The van der Waals surface area contributed by atoms with Crippen molar-refractivity contribution in [1.82, 2.24) is 15.5 Å². The Kier molecular flexibility index (Phi) is 7.26. The molecule has 0 spiro atoms. The topological polar surface area (TPSA) is 90.9 Å². The SMILES string of the molecule is CCN(CC(=O)O)C1CC(NC(=O)NCc2ccc(OC(C)C)cc2)C1. The second-order valence-electron chi connectivity index (χ2n) is 6.92. The molecule has 7 heteroatoms. The summed E-state index contributed by atoms with van der Waals surface area (Å²) in [5.41, 5.74) is 1.00. The Bertz CT molecular complexity index is 597. The summed E-state index contributed by atoms with van der Waals surface area (Å²) >= 11 is 0. The van der Waals surface area contributed by atoms with Gasteiger partial charge in [-0.2, -0.15) is 0 Å². The predicted octanol–water partition coefficient (Wildman–Crippen LogP) is 2.21. The van der Waals surface area contributed by atoms with Gasteiger partial charge in [0, 0.05) is 18.6 Å². The molecule has 144 valence electrons. The van der Waals surface area contributed by atoms with Gasteiger partial charge in [0.05, 0.1) is 12.6 Å². The number of carbonyl (C=O) groups excluding carboxylic acids is 1. The number of rotatable bonds is 9. The number of amides is 2. The minimum absolute atomic E-state index is 0.0522. The molecule has 2 amide bonds. The zero-order chi connectivity index (χ0) is 19.1. The van der Waals surface area contributed by atoms with Crippen molar-refractivity contribution in [2.45, 2.75) is 58.3 Å². The molecule has 0 aliphatic heterocycles. The first-order valence-corrected chi connectivity index (χ1v) is 9.13. The Morgan fingerprint density at radius 1 is 1.27 bits per heavy atom. The van der Waals surface area contributed by atoms with Crippen molar-refractivity contribution in [3.8, 4) is 5.75 Å². The summed E-state index contributed by atoms with van der Waals surface area (Å²) in [6.45, 7) is 7.11. The molecule has 0 radical (unpaired) electrons. The van der Waals surface area contributed by atoms with Crippen LogP contribution in [-0.4, -0.2) is 53.3 Å². The second kappa shape index (κ2) is 9.43. The first kappa shape index (κ1) is 20.0. The van der Waals surface area contributed by atoms with E-state index in [0.29, 0.717) is 13.1 Å². The summed E-state index contributed by atoms with van der Waals surface area (Å²) < 4.78 is 5.59. The molecule has 0 unspecified atom stereocenters. The molecule has 26 heavy (non-hydrogen) atoms. The van der Waals surface area contributed by atoms with Gasteiger partial charge in [-0.15, -0.1) is 0 Å². The maximum absolute atomic E-state index is 12.0. The average Bonchev–Trinajstić information content (AvgIpc) is 2.54. The average molecular weight is 363 g/mol. The minimum atomic E-state index is -0.814. The van der Waals surface area contributed by atoms with Crippen LogP contribution in [0.4, 0.5) is 4.79 Å². The van der Waals surface area contributed by atoms with Gasteiger partial charge in [-0.1, -0.05) is 19.1 Å². The standard InChI is InChI=1S/C19H29N3O4/c1-4-22(12-18(23)24)16-9-15(10-16)21-19(25)20-11-14-5-7-17(8-6-14)26-13(2)3/h5-8,13,15-16H,4,9-12H2,1-3H3,(H,23,24)(H2,20,21,25). The number of aliphatic carboxylic acids is 1. The molecule has 1 saturated carbocycles. The van der Waals surface area contributed by atoms with E-state index < -0.39 is 5.97 Å². The van der Waals surface area contributed by atoms with Crippen LogP contribution in [0, 0.1) is 0 Å². The van der Waals surface area contributed by atoms with Crippen LogP contribution in [0.2, 0.25) is 0 Å². The Balaban J connectivity index is 1.68. The van der Waals surface area contributed by atoms with E-state index in [2.05, 4.69) is 10.6 Å². The van der Waals surface area contributed by atoms with Gasteiger partial charge in [-0.05, 0) is 50.9 Å². The highest BCUT2D eigenvalue weighted by Crippen LogP contribution is 2.25. The number of likely N-dealkylation sites (N-methyl/N-ethyl adjacent to an activating group) is 1. The van der Waals surface area contributed by atoms with Gasteiger partial charge >= 0.3 is 12.0 Å². The molecular weight excluding hydrogens is 334 g/mol. The number of benzene rings is 1. The highest BCUT2D eigenvalue weighted by Gasteiger charge is 2.34. The Morgan fingerprint density at radius 2 is 1.92 bits per heavy atom. The van der Waals surface area contributed by atoms with Crippen molar-refractivity contribution in [3.63, 3.8) is 0 Å². The maximum atomic E-state index is 12.0. The van der Waals surface area contributed by atoms with Crippen molar-refractivity contribution in [2.24, 2.45) is 0 Å². The fraction of sp³-hybridized carbons (Fsp3) is 0.579. The van der Waals surface area contributed by atoms with Gasteiger partial charge in [0.2, 0.25) is 0 Å². The molecule has 1 fully saturated rings. The number of carboxylic acids is 1. The second-order valence-corrected chi connectivity index (χ2v) is 6.92. The molecule has 0 saturated heterocycles. The summed E-state index contributed by atoms with van der Waals surface area (Å²) in [4.78, 5) is 24.8. The lowest BCUT2D eigenvalue weighted by atomic mass is 9.85. The van der Waals surface area contributed by atoms with E-state index in [1.807, 2.05) is 49.9 Å². The molecule has 1 aromatic rings. The van der Waals surface area contributed by atoms with Crippen LogP contribution in [0.1, 0.15) is 39.2 Å². The Morgan fingerprint density at radius 3 is 2.46 bits per heavy atom. The summed E-state index contributed by atoms with van der Waals surface area (Å²) in [7, 11) is 0. The molecule has 1 aromatic carbocycles. The van der Waals surface area contributed by atoms with Gasteiger partial charge in [0.1, 0.15) is 5.75 Å². The summed E-state index contributed by atoms with van der Waals surface area (Å²) in [5, 5.41) is 14.7. The number of nitrogens with zero attached hydrogens (tertiary/aromatic N) is 1. The monoisotopic (exact) mass is 363 g/mol. The lowest BCUT2D eigenvalue weighted by Gasteiger charge is -2.42. The Labute approximate surface area is 154 Å². The number of nitrogens with one attached hydrogen (secondary N) is 2. The van der Waals surface area contributed by atoms with Gasteiger partial charge in [0.15, 0.2) is 0 Å². The first-order chi connectivity index (χ1) is 12.4. The largest absolute Gasteiger partial charge is 0.491 e. The lowest BCUT2D eigenvalue weighted by Crippen LogP contribution is -2.56. The number of carbonyl (C=O) groups is 2. The van der Waals surface area contributed by atoms with Gasteiger partial charge in [-0.25, -0.2) is 4.79 Å². The molecule has 0 atom stereocenters. The van der Waals surface area contributed by atoms with Crippen molar-refractivity contribution in [1.29, 1.82) is 0 Å². The molecule has 7 nitrogen and oxygen atoms in total. The van der Waals surface area contributed by atoms with E-state index in [-0.39, 0.29) is 30.8 Å². The number of ether oxygens (including phenoxy) is 1. The van der Waals surface area contributed by atoms with Crippen LogP contribution in [0.5, 0.6) is 5.75 Å². The highest BCUT2D eigenvalue weighted by molar-refractivity contribution is 5.74. The van der Waals surface area contributed by atoms with Crippen molar-refractivity contribution in [3.05, 3.63) is 29.8 Å². The number of urea groups is 1. The first-order valence-electron chi connectivity index (χ1n) is 9.13. The van der Waals surface area contributed by atoms with Crippen LogP contribution in [0.3, 0.4) is 0 Å².